The van der Waals surface area contributed by atoms with Gasteiger partial charge in [0.15, 0.2) is 0 Å². The van der Waals surface area contributed by atoms with Crippen molar-refractivity contribution in [1.82, 2.24) is 9.78 Å². The Hall–Kier alpha value is -0.990. The van der Waals surface area contributed by atoms with Gasteiger partial charge in [0.05, 0.1) is 13.2 Å². The van der Waals surface area contributed by atoms with Gasteiger partial charge in [-0.1, -0.05) is 13.8 Å². The molecule has 0 spiro atoms. The molecule has 0 radical (unpaired) electrons. The molecule has 2 rings (SSSR count). The summed E-state index contributed by atoms with van der Waals surface area (Å²) in [6, 6.07) is 0.651. The average molecular weight is 182 g/mol. The van der Waals surface area contributed by atoms with Crippen molar-refractivity contribution >= 4 is 0 Å². The molecule has 0 aliphatic heterocycles. The first kappa shape index (κ1) is 10.1. The molecule has 0 unspecified atom stereocenters. The summed E-state index contributed by atoms with van der Waals surface area (Å²) in [5.74, 6) is 0.761. The van der Waals surface area contributed by atoms with E-state index in [0.29, 0.717) is 6.04 Å². The van der Waals surface area contributed by atoms with E-state index in [1.165, 1.54) is 12.8 Å². The zero-order valence-corrected chi connectivity index (χ0v) is 8.87. The number of aromatic nitrogens is 2. The lowest BCUT2D eigenvalue weighted by molar-refractivity contribution is 0.386. The van der Waals surface area contributed by atoms with Crippen molar-refractivity contribution in [2.45, 2.75) is 39.7 Å². The molecule has 3 nitrogen and oxygen atoms in total. The van der Waals surface area contributed by atoms with Gasteiger partial charge in [-0.05, 0) is 19.8 Å². The van der Waals surface area contributed by atoms with Crippen molar-refractivity contribution in [3.63, 3.8) is 0 Å². The molecule has 74 valence electrons. The highest BCUT2D eigenvalue weighted by atomic mass is 16.5. The quantitative estimate of drug-likeness (QED) is 0.702. The summed E-state index contributed by atoms with van der Waals surface area (Å²) < 4.78 is 7.08. The Morgan fingerprint density at radius 1 is 1.46 bits per heavy atom. The minimum Gasteiger partial charge on any atom is -0.480 e. The fourth-order valence-electron chi connectivity index (χ4n) is 1.19. The van der Waals surface area contributed by atoms with Gasteiger partial charge in [-0.3, -0.25) is 4.68 Å². The van der Waals surface area contributed by atoms with Gasteiger partial charge in [0.2, 0.25) is 5.88 Å². The number of methoxy groups -OCH3 is 1. The van der Waals surface area contributed by atoms with Gasteiger partial charge < -0.3 is 4.74 Å². The Labute approximate surface area is 79.7 Å². The molecule has 0 atom stereocenters. The Kier molecular flexibility index (Phi) is 3.34. The Bertz CT molecular complexity index is 264. The number of nitrogens with zero attached hydrogens (tertiary/aromatic N) is 2. The maximum atomic E-state index is 5.07. The molecule has 1 aliphatic rings. The molecule has 1 aromatic heterocycles. The summed E-state index contributed by atoms with van der Waals surface area (Å²) in [6.45, 7) is 6.02. The lowest BCUT2D eigenvalue weighted by Gasteiger charge is -1.94. The second-order valence-electron chi connectivity index (χ2n) is 3.03. The maximum absolute atomic E-state index is 5.07. The maximum Gasteiger partial charge on any atom is 0.235 e. The van der Waals surface area contributed by atoms with E-state index in [4.69, 9.17) is 4.74 Å². The topological polar surface area (TPSA) is 27.1 Å². The number of hydrogen-bond acceptors (Lipinski definition) is 2. The first-order valence-electron chi connectivity index (χ1n) is 4.91. The molecular weight excluding hydrogens is 164 g/mol. The fourth-order valence-corrected chi connectivity index (χ4v) is 1.19. The van der Waals surface area contributed by atoms with Crippen LogP contribution < -0.4 is 4.74 Å². The lowest BCUT2D eigenvalue weighted by Crippen LogP contribution is -1.94. The third kappa shape index (κ3) is 2.23. The molecule has 0 bridgehead atoms. The van der Waals surface area contributed by atoms with Crippen LogP contribution in [-0.2, 0) is 0 Å². The van der Waals surface area contributed by atoms with Gasteiger partial charge in [-0.25, -0.2) is 0 Å². The zero-order valence-electron chi connectivity index (χ0n) is 8.87. The summed E-state index contributed by atoms with van der Waals surface area (Å²) >= 11 is 0. The van der Waals surface area contributed by atoms with Crippen LogP contribution in [0.2, 0.25) is 0 Å². The number of aryl methyl sites for hydroxylation is 1. The normalized spacial score (nSPS) is 14.8. The molecular formula is C10H18N2O. The van der Waals surface area contributed by atoms with E-state index in [9.17, 15) is 0 Å². The molecule has 1 aromatic rings. The van der Waals surface area contributed by atoms with Crippen molar-refractivity contribution in [2.75, 3.05) is 7.11 Å². The van der Waals surface area contributed by atoms with E-state index < -0.39 is 0 Å². The highest BCUT2D eigenvalue weighted by Crippen LogP contribution is 2.35. The molecule has 3 heteroatoms. The van der Waals surface area contributed by atoms with Gasteiger partial charge in [-0.2, -0.15) is 0 Å². The third-order valence-corrected chi connectivity index (χ3v) is 1.98. The number of rotatable bonds is 2. The molecule has 1 fully saturated rings. The van der Waals surface area contributed by atoms with E-state index in [2.05, 4.69) is 11.3 Å². The third-order valence-electron chi connectivity index (χ3n) is 1.98. The van der Waals surface area contributed by atoms with Crippen LogP contribution in [0, 0.1) is 6.92 Å². The molecule has 1 saturated carbocycles. The van der Waals surface area contributed by atoms with Crippen molar-refractivity contribution < 1.29 is 4.74 Å². The largest absolute Gasteiger partial charge is 0.480 e. The Morgan fingerprint density at radius 3 is 2.46 bits per heavy atom. The van der Waals surface area contributed by atoms with Gasteiger partial charge in [0.25, 0.3) is 0 Å². The second-order valence-corrected chi connectivity index (χ2v) is 3.03. The summed E-state index contributed by atoms with van der Waals surface area (Å²) in [5, 5.41) is 4.28. The van der Waals surface area contributed by atoms with Crippen molar-refractivity contribution in [3.8, 4) is 5.88 Å². The highest BCUT2D eigenvalue weighted by molar-refractivity contribution is 5.21. The van der Waals surface area contributed by atoms with Crippen LogP contribution in [0.5, 0.6) is 5.88 Å². The van der Waals surface area contributed by atoms with E-state index in [0.717, 1.165) is 11.4 Å². The van der Waals surface area contributed by atoms with Crippen molar-refractivity contribution in [2.24, 2.45) is 0 Å². The summed E-state index contributed by atoms with van der Waals surface area (Å²) in [6.07, 6.45) is 4.59. The van der Waals surface area contributed by atoms with E-state index in [-0.39, 0.29) is 0 Å². The molecule has 13 heavy (non-hydrogen) atoms. The Morgan fingerprint density at radius 2 is 2.08 bits per heavy atom. The lowest BCUT2D eigenvalue weighted by atomic mass is 10.4. The van der Waals surface area contributed by atoms with Gasteiger partial charge in [-0.15, -0.1) is 5.10 Å². The van der Waals surface area contributed by atoms with Gasteiger partial charge in [0, 0.05) is 11.8 Å². The van der Waals surface area contributed by atoms with E-state index in [1.807, 2.05) is 25.5 Å². The number of hydrogen-bond donors (Lipinski definition) is 0. The van der Waals surface area contributed by atoms with Crippen LogP contribution >= 0.6 is 0 Å². The smallest absolute Gasteiger partial charge is 0.235 e. The highest BCUT2D eigenvalue weighted by Gasteiger charge is 2.25. The molecule has 0 N–H and O–H groups in total. The predicted octanol–water partition coefficient (Wildman–Crippen LogP) is 2.56. The molecule has 0 saturated heterocycles. The first-order valence-corrected chi connectivity index (χ1v) is 4.91. The summed E-state index contributed by atoms with van der Waals surface area (Å²) in [7, 11) is 1.66. The van der Waals surface area contributed by atoms with Crippen molar-refractivity contribution in [1.29, 1.82) is 0 Å². The van der Waals surface area contributed by atoms with E-state index in [1.54, 1.807) is 7.11 Å². The SMILES string of the molecule is CC.COc1nn(C2CC2)cc1C. The second kappa shape index (κ2) is 4.30. The monoisotopic (exact) mass is 182 g/mol. The van der Waals surface area contributed by atoms with Crippen LogP contribution in [-0.4, -0.2) is 16.9 Å². The van der Waals surface area contributed by atoms with E-state index >= 15 is 0 Å². The van der Waals surface area contributed by atoms with Crippen LogP contribution in [0.4, 0.5) is 0 Å². The van der Waals surface area contributed by atoms with Gasteiger partial charge >= 0.3 is 0 Å². The average Bonchev–Trinajstić information content (AvgIpc) is 2.94. The molecule has 0 aromatic carbocycles. The summed E-state index contributed by atoms with van der Waals surface area (Å²) in [4.78, 5) is 0. The zero-order chi connectivity index (χ0) is 9.84. The first-order chi connectivity index (χ1) is 6.31. The Balaban J connectivity index is 0.000000396. The number of ether oxygens (including phenoxy) is 1. The minimum atomic E-state index is 0.651. The molecule has 1 heterocycles. The van der Waals surface area contributed by atoms with Crippen LogP contribution in [0.3, 0.4) is 0 Å². The van der Waals surface area contributed by atoms with Crippen molar-refractivity contribution in [3.05, 3.63) is 11.8 Å². The van der Waals surface area contributed by atoms with Gasteiger partial charge in [0.1, 0.15) is 0 Å². The van der Waals surface area contributed by atoms with Crippen LogP contribution in [0.25, 0.3) is 0 Å². The molecule has 0 amide bonds. The fraction of sp³-hybridized carbons (Fsp3) is 0.700. The standard InChI is InChI=1S/C8H12N2O.C2H6/c1-6-5-10(7-3-4-7)9-8(6)11-2;1-2/h5,7H,3-4H2,1-2H3;1-2H3. The van der Waals surface area contributed by atoms with Crippen LogP contribution in [0.15, 0.2) is 6.20 Å². The predicted molar refractivity (Wildman–Crippen MR) is 53.1 cm³/mol. The summed E-state index contributed by atoms with van der Waals surface area (Å²) in [5.41, 5.74) is 1.12. The van der Waals surface area contributed by atoms with Crippen LogP contribution in [0.1, 0.15) is 38.3 Å². The molecule has 1 aliphatic carbocycles. The minimum absolute atomic E-state index is 0.651.